The number of aliphatic hydroxyl groups is 1. The smallest absolute Gasteiger partial charge is 1.00 e. The summed E-state index contributed by atoms with van der Waals surface area (Å²) in [5, 5.41) is 14.9. The Bertz CT molecular complexity index is 2990. The molecule has 9 aromatic rings. The molecule has 0 aliphatic carbocycles. The third-order valence-electron chi connectivity index (χ3n) is 11.0. The van der Waals surface area contributed by atoms with E-state index in [1.165, 1.54) is 67.2 Å². The number of hydrogen-bond acceptors (Lipinski definition) is 14. The number of thiophene rings is 3. The van der Waals surface area contributed by atoms with E-state index < -0.39 is 13.0 Å². The van der Waals surface area contributed by atoms with Crippen LogP contribution < -0.4 is 70.5 Å². The van der Waals surface area contributed by atoms with Crippen molar-refractivity contribution in [2.45, 2.75) is 64.3 Å². The fourth-order valence-corrected chi connectivity index (χ4v) is 13.4. The van der Waals surface area contributed by atoms with Crippen LogP contribution in [0.1, 0.15) is 70.5 Å². The van der Waals surface area contributed by atoms with Crippen molar-refractivity contribution in [2.75, 3.05) is 61.9 Å². The van der Waals surface area contributed by atoms with E-state index in [1.54, 1.807) is 57.4 Å². The molecule has 390 valence electrons. The molecule has 0 aliphatic rings. The fourth-order valence-electron chi connectivity index (χ4n) is 7.69. The molecule has 6 heterocycles. The zero-order valence-corrected chi connectivity index (χ0v) is 58.9. The zero-order valence-electron chi connectivity index (χ0n) is 45.0. The maximum absolute atomic E-state index is 12.8. The molecular formula is C54H68BrClIMgN6NaO2S6Si. The van der Waals surface area contributed by atoms with Crippen LogP contribution in [0.25, 0.3) is 30.3 Å². The molecule has 0 fully saturated rings. The molecule has 2 unspecified atom stereocenters. The summed E-state index contributed by atoms with van der Waals surface area (Å²) < 4.78 is 3.81. The number of likely N-dealkylation sites (N-methyl/N-ethyl adjacent to an activating group) is 3. The van der Waals surface area contributed by atoms with E-state index in [2.05, 4.69) is 147 Å². The molecule has 6 aromatic heterocycles. The third kappa shape index (κ3) is 20.2. The summed E-state index contributed by atoms with van der Waals surface area (Å²) in [7, 11) is 11.4. The topological polar surface area (TPSA) is 85.7 Å². The number of aromatic nitrogens is 3. The number of nitrogens with zero attached hydrogens (tertiary/aromatic N) is 6. The Morgan fingerprint density at radius 2 is 1.08 bits per heavy atom. The van der Waals surface area contributed by atoms with Crippen LogP contribution in [0.15, 0.2) is 108 Å². The van der Waals surface area contributed by atoms with Crippen LogP contribution in [0, 0.1) is 7.43 Å². The van der Waals surface area contributed by atoms with Crippen molar-refractivity contribution in [3.05, 3.63) is 161 Å². The first-order chi connectivity index (χ1) is 32.8. The molecule has 0 saturated heterocycles. The van der Waals surface area contributed by atoms with Crippen molar-refractivity contribution in [3.8, 4) is 0 Å². The number of carbonyl (C=O) groups is 1. The standard InChI is InChI=1S/C17H20N2OS2.C17H20N2S2.C16H16N2OS2.C3H9ClSi.CH3.BrH.HI.Mg.Na/c1-17(20,15-10-18-11-21-15)16-12-6-4-5-7-13(12)22-14(16)8-9-19(2)3;1-12(16-10-18-11-20-16)17-13-6-4-5-7-14(13)21-15(17)8-9-19(2)3;1-18(2)8-7-13-15(16(19)14-9-17-10-20-14)11-5-3-4-6-12(11)21-13;1-5(2,3)4;;;;;/h4-7,10-11,20H,8-9H2,1-3H3;4-7,10-12H,8-9H2,1-3H3;3-6,9-10H,7-8H2,1-2H3;1-3H3;1H3;2*1H;;/q;;;;-1;;;+2;+1/p-2. The summed E-state index contributed by atoms with van der Waals surface area (Å²) >= 11 is 15.8. The first-order valence-electron chi connectivity index (χ1n) is 22.9. The van der Waals surface area contributed by atoms with Gasteiger partial charge in [-0.05, 0) is 103 Å². The van der Waals surface area contributed by atoms with Gasteiger partial charge in [-0.25, -0.2) is 0 Å². The first kappa shape index (κ1) is 71.4. The average molecular weight is 1340 g/mol. The maximum Gasteiger partial charge on any atom is 2.00 e. The second-order valence-corrected chi connectivity index (χ2v) is 32.3. The normalized spacial score (nSPS) is 12.1. The van der Waals surface area contributed by atoms with E-state index in [9.17, 15) is 9.90 Å². The van der Waals surface area contributed by atoms with Crippen LogP contribution in [0.4, 0.5) is 0 Å². The maximum atomic E-state index is 12.8. The second-order valence-electron chi connectivity index (χ2n) is 18.7. The van der Waals surface area contributed by atoms with Gasteiger partial charge in [-0.15, -0.1) is 68.0 Å². The van der Waals surface area contributed by atoms with Gasteiger partial charge in [0.1, 0.15) is 13.0 Å². The minimum absolute atomic E-state index is 0. The number of carbonyl (C=O) groups excluding carboxylic acids is 1. The molecule has 20 heteroatoms. The minimum Gasteiger partial charge on any atom is -1.00 e. The van der Waals surface area contributed by atoms with Gasteiger partial charge in [0.15, 0.2) is 0 Å². The first-order valence-corrected chi connectivity index (χ1v) is 32.5. The van der Waals surface area contributed by atoms with Crippen molar-refractivity contribution in [1.82, 2.24) is 29.7 Å². The SMILES string of the molecule is CC(c1cncs1)c1c(CCN(C)C)sc2ccccc12.CN(C)CCc1sc2ccccc2c1C(=O)c1cncs1.CN(C)CCc1sc2ccccc2c1C(C)(O)c1cncs1.C[Si](C)(C)Cl.[Br-].[CH3-].[I-].[Mg+2].[Na+]. The number of halogens is 3. The van der Waals surface area contributed by atoms with Crippen LogP contribution in [-0.2, 0) is 24.9 Å². The van der Waals surface area contributed by atoms with E-state index in [4.69, 9.17) is 11.1 Å². The van der Waals surface area contributed by atoms with Crippen LogP contribution in [-0.4, -0.2) is 133 Å². The van der Waals surface area contributed by atoms with E-state index in [0.717, 1.165) is 65.7 Å². The van der Waals surface area contributed by atoms with Crippen LogP contribution in [0.2, 0.25) is 19.6 Å². The van der Waals surface area contributed by atoms with Gasteiger partial charge < -0.3 is 68.2 Å². The minimum atomic E-state index is -1.14. The number of fused-ring (bicyclic) bond motifs is 3. The summed E-state index contributed by atoms with van der Waals surface area (Å²) in [6.45, 7) is 13.5. The Kier molecular flexibility index (Phi) is 32.7. The van der Waals surface area contributed by atoms with Crippen LogP contribution in [0.3, 0.4) is 0 Å². The summed E-state index contributed by atoms with van der Waals surface area (Å²) in [4.78, 5) is 38.7. The van der Waals surface area contributed by atoms with Crippen LogP contribution in [0.5, 0.6) is 0 Å². The number of hydrogen-bond donors (Lipinski definition) is 1. The summed E-state index contributed by atoms with van der Waals surface area (Å²) in [6.07, 6.45) is 8.40. The Morgan fingerprint density at radius 3 is 1.58 bits per heavy atom. The monoisotopic (exact) mass is 1340 g/mol. The molecule has 0 saturated carbocycles. The number of ketones is 1. The van der Waals surface area contributed by atoms with E-state index in [-0.39, 0.29) is 107 Å². The van der Waals surface area contributed by atoms with Gasteiger partial charge in [0, 0.05) is 94.3 Å². The summed E-state index contributed by atoms with van der Waals surface area (Å²) in [6, 6.07) is 25.3. The predicted octanol–water partition coefficient (Wildman–Crippen LogP) is 5.17. The number of benzene rings is 3. The molecule has 2 atom stereocenters. The zero-order chi connectivity index (χ0) is 49.9. The molecule has 3 aromatic carbocycles. The molecule has 0 amide bonds. The molecule has 0 spiro atoms. The Morgan fingerprint density at radius 1 is 0.662 bits per heavy atom. The molecule has 0 bridgehead atoms. The van der Waals surface area contributed by atoms with E-state index >= 15 is 0 Å². The number of rotatable bonds is 15. The third-order valence-corrected chi connectivity index (χ3v) is 17.4. The van der Waals surface area contributed by atoms with Crippen molar-refractivity contribution < 1.29 is 80.4 Å². The number of thiazole rings is 3. The van der Waals surface area contributed by atoms with E-state index in [1.807, 2.05) is 54.2 Å². The molecule has 9 rings (SSSR count). The van der Waals surface area contributed by atoms with Gasteiger partial charge in [0.05, 0.1) is 26.3 Å². The quantitative estimate of drug-likeness (QED) is 0.0496. The van der Waals surface area contributed by atoms with Crippen molar-refractivity contribution in [3.63, 3.8) is 0 Å². The molecule has 74 heavy (non-hydrogen) atoms. The van der Waals surface area contributed by atoms with Crippen molar-refractivity contribution >= 4 is 146 Å². The van der Waals surface area contributed by atoms with Gasteiger partial charge in [-0.2, -0.15) is 11.1 Å². The van der Waals surface area contributed by atoms with Gasteiger partial charge in [-0.1, -0.05) is 81.2 Å². The van der Waals surface area contributed by atoms with E-state index in [0.29, 0.717) is 10.8 Å². The van der Waals surface area contributed by atoms with Crippen molar-refractivity contribution in [1.29, 1.82) is 0 Å². The fraction of sp³-hybridized carbons (Fsp3) is 0.352. The Labute approximate surface area is 536 Å². The Hall–Kier alpha value is -0.577. The molecule has 8 nitrogen and oxygen atoms in total. The second kappa shape index (κ2) is 33.9. The Balaban J connectivity index is 0.000000513. The van der Waals surface area contributed by atoms with Gasteiger partial charge in [-0.3, -0.25) is 19.7 Å². The predicted molar refractivity (Wildman–Crippen MR) is 320 cm³/mol. The molecule has 1 N–H and O–H groups in total. The largest absolute Gasteiger partial charge is 2.00 e. The molecule has 0 radical (unpaired) electrons. The summed E-state index contributed by atoms with van der Waals surface area (Å²) in [5.41, 5.74) is 7.82. The van der Waals surface area contributed by atoms with Crippen molar-refractivity contribution in [2.24, 2.45) is 0 Å². The average Bonchev–Trinajstić information content (AvgIpc) is 4.17. The van der Waals surface area contributed by atoms with Gasteiger partial charge in [0.2, 0.25) is 5.78 Å². The van der Waals surface area contributed by atoms with Crippen LogP contribution >= 0.6 is 79.1 Å². The van der Waals surface area contributed by atoms with Gasteiger partial charge >= 0.3 is 52.6 Å². The molecular weight excluding hydrogens is 1270 g/mol. The summed E-state index contributed by atoms with van der Waals surface area (Å²) in [5.74, 6) is 0.523. The van der Waals surface area contributed by atoms with Gasteiger partial charge in [0.25, 0.3) is 0 Å². The molecule has 0 aliphatic heterocycles.